The summed E-state index contributed by atoms with van der Waals surface area (Å²) in [5.74, 6) is -0.322. The van der Waals surface area contributed by atoms with Gasteiger partial charge in [-0.3, -0.25) is 4.79 Å². The lowest BCUT2D eigenvalue weighted by Crippen LogP contribution is -2.40. The number of sulfonamides is 1. The summed E-state index contributed by atoms with van der Waals surface area (Å²) in [5.41, 5.74) is 1.85. The van der Waals surface area contributed by atoms with Crippen molar-refractivity contribution in [1.82, 2.24) is 9.62 Å². The molecule has 2 rings (SSSR count). The van der Waals surface area contributed by atoms with Crippen LogP contribution in [-0.4, -0.2) is 31.7 Å². The van der Waals surface area contributed by atoms with Crippen LogP contribution in [0.4, 0.5) is 0 Å². The van der Waals surface area contributed by atoms with Gasteiger partial charge in [0, 0.05) is 18.1 Å². The smallest absolute Gasteiger partial charge is 0.243 e. The SMILES string of the molecule is CCCNC(=O)CN(Cc1cccc(C)c1)S(=O)(=O)c1ccc(Cl)cc1. The van der Waals surface area contributed by atoms with E-state index in [0.717, 1.165) is 17.5 Å². The van der Waals surface area contributed by atoms with E-state index in [1.807, 2.05) is 38.1 Å². The number of benzene rings is 2. The van der Waals surface area contributed by atoms with Gasteiger partial charge in [0.25, 0.3) is 0 Å². The number of nitrogens with zero attached hydrogens (tertiary/aromatic N) is 1. The minimum atomic E-state index is -3.84. The van der Waals surface area contributed by atoms with Crippen molar-refractivity contribution in [2.45, 2.75) is 31.7 Å². The molecule has 0 heterocycles. The Labute approximate surface area is 160 Å². The average molecular weight is 395 g/mol. The highest BCUT2D eigenvalue weighted by Crippen LogP contribution is 2.20. The Hall–Kier alpha value is -1.89. The molecule has 0 saturated heterocycles. The van der Waals surface area contributed by atoms with Crippen molar-refractivity contribution in [1.29, 1.82) is 0 Å². The maximum Gasteiger partial charge on any atom is 0.243 e. The maximum absolute atomic E-state index is 13.0. The molecule has 0 aliphatic carbocycles. The fourth-order valence-corrected chi connectivity index (χ4v) is 3.99. The van der Waals surface area contributed by atoms with Crippen LogP contribution in [0.1, 0.15) is 24.5 Å². The number of hydrogen-bond donors (Lipinski definition) is 1. The molecule has 2 aromatic carbocycles. The summed E-state index contributed by atoms with van der Waals surface area (Å²) in [5, 5.41) is 3.18. The molecule has 26 heavy (non-hydrogen) atoms. The van der Waals surface area contributed by atoms with Gasteiger partial charge in [0.05, 0.1) is 11.4 Å². The number of hydrogen-bond acceptors (Lipinski definition) is 3. The van der Waals surface area contributed by atoms with E-state index in [0.29, 0.717) is 11.6 Å². The van der Waals surface area contributed by atoms with E-state index in [2.05, 4.69) is 5.32 Å². The maximum atomic E-state index is 13.0. The number of carbonyl (C=O) groups is 1. The number of nitrogens with one attached hydrogen (secondary N) is 1. The van der Waals surface area contributed by atoms with Gasteiger partial charge in [-0.2, -0.15) is 4.31 Å². The lowest BCUT2D eigenvalue weighted by atomic mass is 10.1. The van der Waals surface area contributed by atoms with E-state index in [4.69, 9.17) is 11.6 Å². The van der Waals surface area contributed by atoms with E-state index in [-0.39, 0.29) is 23.9 Å². The van der Waals surface area contributed by atoms with Gasteiger partial charge in [0.15, 0.2) is 0 Å². The zero-order valence-corrected chi connectivity index (χ0v) is 16.5. The van der Waals surface area contributed by atoms with Crippen LogP contribution in [0.15, 0.2) is 53.4 Å². The molecule has 7 heteroatoms. The van der Waals surface area contributed by atoms with Crippen molar-refractivity contribution in [2.75, 3.05) is 13.1 Å². The average Bonchev–Trinajstić information content (AvgIpc) is 2.60. The lowest BCUT2D eigenvalue weighted by molar-refractivity contribution is -0.121. The van der Waals surface area contributed by atoms with Gasteiger partial charge in [-0.1, -0.05) is 48.4 Å². The van der Waals surface area contributed by atoms with Crippen molar-refractivity contribution < 1.29 is 13.2 Å². The van der Waals surface area contributed by atoms with Crippen LogP contribution >= 0.6 is 11.6 Å². The first-order valence-electron chi connectivity index (χ1n) is 8.41. The Morgan fingerprint density at radius 2 is 1.85 bits per heavy atom. The van der Waals surface area contributed by atoms with Crippen LogP contribution in [0.25, 0.3) is 0 Å². The Morgan fingerprint density at radius 3 is 2.46 bits per heavy atom. The van der Waals surface area contributed by atoms with E-state index >= 15 is 0 Å². The van der Waals surface area contributed by atoms with Gasteiger partial charge >= 0.3 is 0 Å². The van der Waals surface area contributed by atoms with Crippen LogP contribution in [0, 0.1) is 6.92 Å². The molecule has 0 spiro atoms. The molecule has 1 amide bonds. The standard InChI is InChI=1S/C19H23ClN2O3S/c1-3-11-21-19(23)14-22(13-16-6-4-5-15(2)12-16)26(24,25)18-9-7-17(20)8-10-18/h4-10,12H,3,11,13-14H2,1-2H3,(H,21,23). The normalized spacial score (nSPS) is 11.5. The predicted octanol–water partition coefficient (Wildman–Crippen LogP) is 3.37. The van der Waals surface area contributed by atoms with E-state index in [1.54, 1.807) is 0 Å². The molecular formula is C19H23ClN2O3S. The summed E-state index contributed by atoms with van der Waals surface area (Å²) < 4.78 is 27.3. The van der Waals surface area contributed by atoms with E-state index < -0.39 is 10.0 Å². The number of aryl methyl sites for hydroxylation is 1. The molecule has 0 unspecified atom stereocenters. The molecule has 5 nitrogen and oxygen atoms in total. The first-order valence-corrected chi connectivity index (χ1v) is 10.2. The Balaban J connectivity index is 2.32. The number of amides is 1. The second kappa shape index (κ2) is 9.16. The van der Waals surface area contributed by atoms with Gasteiger partial charge in [-0.15, -0.1) is 0 Å². The highest BCUT2D eigenvalue weighted by atomic mass is 35.5. The zero-order chi connectivity index (χ0) is 19.2. The lowest BCUT2D eigenvalue weighted by Gasteiger charge is -2.22. The monoisotopic (exact) mass is 394 g/mol. The van der Waals surface area contributed by atoms with Crippen molar-refractivity contribution in [2.24, 2.45) is 0 Å². The molecule has 0 atom stereocenters. The molecule has 0 saturated carbocycles. The number of carbonyl (C=O) groups excluding carboxylic acids is 1. The first kappa shape index (κ1) is 20.4. The predicted molar refractivity (Wildman–Crippen MR) is 104 cm³/mol. The van der Waals surface area contributed by atoms with Crippen LogP contribution in [-0.2, 0) is 21.4 Å². The highest BCUT2D eigenvalue weighted by Gasteiger charge is 2.26. The molecule has 0 fully saturated rings. The summed E-state index contributed by atoms with van der Waals surface area (Å²) in [6, 6.07) is 13.5. The van der Waals surface area contributed by atoms with Crippen molar-refractivity contribution in [3.8, 4) is 0 Å². The third-order valence-electron chi connectivity index (χ3n) is 3.78. The summed E-state index contributed by atoms with van der Waals surface area (Å²) >= 11 is 5.86. The minimum absolute atomic E-state index is 0.109. The van der Waals surface area contributed by atoms with Gasteiger partial charge in [0.1, 0.15) is 0 Å². The minimum Gasteiger partial charge on any atom is -0.355 e. The molecule has 0 aromatic heterocycles. The van der Waals surface area contributed by atoms with Crippen LogP contribution in [0.3, 0.4) is 0 Å². The van der Waals surface area contributed by atoms with Crippen molar-refractivity contribution >= 4 is 27.5 Å². The molecule has 0 aliphatic rings. The second-order valence-electron chi connectivity index (χ2n) is 6.07. The summed E-state index contributed by atoms with van der Waals surface area (Å²) in [7, 11) is -3.84. The van der Waals surface area contributed by atoms with Gasteiger partial charge < -0.3 is 5.32 Å². The Kier molecular flexibility index (Phi) is 7.20. The zero-order valence-electron chi connectivity index (χ0n) is 14.9. The van der Waals surface area contributed by atoms with Crippen molar-refractivity contribution in [3.05, 3.63) is 64.7 Å². The van der Waals surface area contributed by atoms with Gasteiger partial charge in [-0.25, -0.2) is 8.42 Å². The van der Waals surface area contributed by atoms with Crippen LogP contribution in [0.2, 0.25) is 5.02 Å². The fourth-order valence-electron chi connectivity index (χ4n) is 2.48. The largest absolute Gasteiger partial charge is 0.355 e. The van der Waals surface area contributed by atoms with E-state index in [9.17, 15) is 13.2 Å². The molecular weight excluding hydrogens is 372 g/mol. The first-order chi connectivity index (χ1) is 12.3. The Morgan fingerprint density at radius 1 is 1.15 bits per heavy atom. The summed E-state index contributed by atoms with van der Waals surface area (Å²) in [6.45, 7) is 4.27. The van der Waals surface area contributed by atoms with Crippen molar-refractivity contribution in [3.63, 3.8) is 0 Å². The summed E-state index contributed by atoms with van der Waals surface area (Å²) in [6.07, 6.45) is 0.785. The number of halogens is 1. The molecule has 140 valence electrons. The molecule has 1 N–H and O–H groups in total. The molecule has 0 bridgehead atoms. The van der Waals surface area contributed by atoms with Crippen LogP contribution in [0.5, 0.6) is 0 Å². The molecule has 0 radical (unpaired) electrons. The second-order valence-corrected chi connectivity index (χ2v) is 8.44. The quantitative estimate of drug-likeness (QED) is 0.746. The molecule has 0 aliphatic heterocycles. The molecule has 2 aromatic rings. The third-order valence-corrected chi connectivity index (χ3v) is 5.84. The summed E-state index contributed by atoms with van der Waals surface area (Å²) in [4.78, 5) is 12.3. The Bertz CT molecular complexity index is 851. The van der Waals surface area contributed by atoms with Gasteiger partial charge in [-0.05, 0) is 43.2 Å². The van der Waals surface area contributed by atoms with E-state index in [1.165, 1.54) is 28.6 Å². The third kappa shape index (κ3) is 5.56. The van der Waals surface area contributed by atoms with Crippen LogP contribution < -0.4 is 5.32 Å². The highest BCUT2D eigenvalue weighted by molar-refractivity contribution is 7.89. The van der Waals surface area contributed by atoms with Gasteiger partial charge in [0.2, 0.25) is 15.9 Å². The fraction of sp³-hybridized carbons (Fsp3) is 0.316. The number of rotatable bonds is 8. The topological polar surface area (TPSA) is 66.5 Å².